The maximum Gasteiger partial charge on any atom is 0.248 e. The molecule has 2 aromatic rings. The fourth-order valence-electron chi connectivity index (χ4n) is 3.81. The highest BCUT2D eigenvalue weighted by atomic mass is 19.1. The van der Waals surface area contributed by atoms with E-state index < -0.39 is 0 Å². The molecule has 2 aliphatic rings. The van der Waals surface area contributed by atoms with Gasteiger partial charge in [-0.3, -0.25) is 9.69 Å². The van der Waals surface area contributed by atoms with Gasteiger partial charge in [0, 0.05) is 26.1 Å². The number of nitrogens with zero attached hydrogens (tertiary/aromatic N) is 4. The Kier molecular flexibility index (Phi) is 6.05. The third-order valence-electron chi connectivity index (χ3n) is 5.35. The zero-order valence-corrected chi connectivity index (χ0v) is 16.4. The molecule has 4 rings (SSSR count). The number of likely N-dealkylation sites (tertiary alicyclic amines) is 1. The number of amides is 1. The van der Waals surface area contributed by atoms with Gasteiger partial charge in [-0.1, -0.05) is 5.16 Å². The van der Waals surface area contributed by atoms with Crippen LogP contribution in [0.5, 0.6) is 5.75 Å². The zero-order valence-electron chi connectivity index (χ0n) is 16.4. The van der Waals surface area contributed by atoms with E-state index in [1.165, 1.54) is 12.1 Å². The highest BCUT2D eigenvalue weighted by Crippen LogP contribution is 2.22. The van der Waals surface area contributed by atoms with Crippen molar-refractivity contribution in [3.8, 4) is 5.75 Å². The summed E-state index contributed by atoms with van der Waals surface area (Å²) in [4.78, 5) is 20.9. The summed E-state index contributed by atoms with van der Waals surface area (Å²) in [6.45, 7) is 5.09. The van der Waals surface area contributed by atoms with E-state index in [0.29, 0.717) is 37.2 Å². The van der Waals surface area contributed by atoms with E-state index in [1.54, 1.807) is 19.1 Å². The van der Waals surface area contributed by atoms with Gasteiger partial charge < -0.3 is 18.9 Å². The second-order valence-electron chi connectivity index (χ2n) is 7.48. The molecule has 0 aliphatic carbocycles. The first kappa shape index (κ1) is 19.8. The second-order valence-corrected chi connectivity index (χ2v) is 7.48. The first-order valence-corrected chi connectivity index (χ1v) is 9.88. The Balaban J connectivity index is 1.26. The Hall–Kier alpha value is -2.52. The largest absolute Gasteiger partial charge is 0.491 e. The Labute approximate surface area is 168 Å². The van der Waals surface area contributed by atoms with Gasteiger partial charge in [0.2, 0.25) is 11.8 Å². The van der Waals surface area contributed by atoms with Crippen LogP contribution < -0.4 is 4.74 Å². The number of carbonyl (C=O) groups excluding carboxylic acids is 1. The van der Waals surface area contributed by atoms with Crippen LogP contribution in [0.3, 0.4) is 0 Å². The number of ether oxygens (including phenoxy) is 2. The monoisotopic (exact) mass is 404 g/mol. The number of benzene rings is 1. The molecule has 9 heteroatoms. The number of carbonyl (C=O) groups is 1. The SMILES string of the molecule is Cc1nc(CN2CCC(N3CC(COc4ccc(F)cc4)OCC3=O)CC2)no1. The van der Waals surface area contributed by atoms with Gasteiger partial charge in [-0.15, -0.1) is 0 Å². The maximum atomic E-state index is 13.0. The number of aryl methyl sites for hydroxylation is 1. The lowest BCUT2D eigenvalue weighted by Crippen LogP contribution is -2.55. The van der Waals surface area contributed by atoms with E-state index in [9.17, 15) is 9.18 Å². The molecule has 156 valence electrons. The number of morpholine rings is 1. The minimum Gasteiger partial charge on any atom is -0.491 e. The van der Waals surface area contributed by atoms with E-state index in [0.717, 1.165) is 25.9 Å². The van der Waals surface area contributed by atoms with Gasteiger partial charge in [-0.05, 0) is 37.1 Å². The molecule has 2 saturated heterocycles. The number of hydrogen-bond acceptors (Lipinski definition) is 7. The van der Waals surface area contributed by atoms with Crippen LogP contribution >= 0.6 is 0 Å². The van der Waals surface area contributed by atoms with Gasteiger partial charge in [0.05, 0.1) is 13.1 Å². The van der Waals surface area contributed by atoms with E-state index in [-0.39, 0.29) is 30.5 Å². The summed E-state index contributed by atoms with van der Waals surface area (Å²) in [5.41, 5.74) is 0. The lowest BCUT2D eigenvalue weighted by molar-refractivity contribution is -0.155. The van der Waals surface area contributed by atoms with Crippen molar-refractivity contribution >= 4 is 5.91 Å². The third-order valence-corrected chi connectivity index (χ3v) is 5.35. The summed E-state index contributed by atoms with van der Waals surface area (Å²) in [6, 6.07) is 6.08. The van der Waals surface area contributed by atoms with Crippen LogP contribution in [0.4, 0.5) is 4.39 Å². The average Bonchev–Trinajstić information content (AvgIpc) is 3.14. The van der Waals surface area contributed by atoms with Crippen molar-refractivity contribution in [2.24, 2.45) is 0 Å². The van der Waals surface area contributed by atoms with E-state index in [4.69, 9.17) is 14.0 Å². The van der Waals surface area contributed by atoms with Gasteiger partial charge in [-0.25, -0.2) is 4.39 Å². The standard InChI is InChI=1S/C20H25FN4O4/c1-14-22-19(23-29-14)11-24-8-6-16(7-9-24)25-10-18(28-13-20(25)26)12-27-17-4-2-15(21)3-5-17/h2-5,16,18H,6-13H2,1H3. The smallest absolute Gasteiger partial charge is 0.248 e. The van der Waals surface area contributed by atoms with Gasteiger partial charge in [0.25, 0.3) is 0 Å². The minimum absolute atomic E-state index is 0.0234. The highest BCUT2D eigenvalue weighted by molar-refractivity contribution is 5.78. The summed E-state index contributed by atoms with van der Waals surface area (Å²) in [5.74, 6) is 1.58. The van der Waals surface area contributed by atoms with E-state index >= 15 is 0 Å². The molecule has 1 aromatic heterocycles. The van der Waals surface area contributed by atoms with E-state index in [2.05, 4.69) is 15.0 Å². The number of piperidine rings is 1. The maximum absolute atomic E-state index is 13.0. The summed E-state index contributed by atoms with van der Waals surface area (Å²) in [6.07, 6.45) is 1.60. The van der Waals surface area contributed by atoms with Crippen LogP contribution in [-0.2, 0) is 16.1 Å². The fraction of sp³-hybridized carbons (Fsp3) is 0.550. The van der Waals surface area contributed by atoms with E-state index in [1.807, 2.05) is 4.90 Å². The van der Waals surface area contributed by atoms with Crippen LogP contribution in [0, 0.1) is 12.7 Å². The molecule has 2 aliphatic heterocycles. The molecule has 1 amide bonds. The first-order chi connectivity index (χ1) is 14.1. The van der Waals surface area contributed by atoms with Crippen molar-refractivity contribution < 1.29 is 23.2 Å². The molecule has 1 aromatic carbocycles. The molecule has 29 heavy (non-hydrogen) atoms. The minimum atomic E-state index is -0.302. The van der Waals surface area contributed by atoms with Gasteiger partial charge in [0.15, 0.2) is 5.82 Å². The van der Waals surface area contributed by atoms with Crippen molar-refractivity contribution in [2.45, 2.75) is 38.5 Å². The number of hydrogen-bond donors (Lipinski definition) is 0. The van der Waals surface area contributed by atoms with Crippen molar-refractivity contribution in [1.82, 2.24) is 19.9 Å². The molecule has 0 saturated carbocycles. The lowest BCUT2D eigenvalue weighted by Gasteiger charge is -2.41. The summed E-state index contributed by atoms with van der Waals surface area (Å²) < 4.78 is 29.3. The van der Waals surface area contributed by atoms with Crippen LogP contribution in [0.15, 0.2) is 28.8 Å². The lowest BCUT2D eigenvalue weighted by atomic mass is 10.0. The Morgan fingerprint density at radius 3 is 2.69 bits per heavy atom. The summed E-state index contributed by atoms with van der Waals surface area (Å²) >= 11 is 0. The van der Waals surface area contributed by atoms with Crippen LogP contribution in [0.2, 0.25) is 0 Å². The fourth-order valence-corrected chi connectivity index (χ4v) is 3.81. The molecule has 2 fully saturated rings. The van der Waals surface area contributed by atoms with Crippen LogP contribution in [0.25, 0.3) is 0 Å². The average molecular weight is 404 g/mol. The van der Waals surface area contributed by atoms with Crippen LogP contribution in [-0.4, -0.2) is 70.8 Å². The van der Waals surface area contributed by atoms with Gasteiger partial charge in [-0.2, -0.15) is 4.98 Å². The molecule has 0 N–H and O–H groups in total. The predicted octanol–water partition coefficient (Wildman–Crippen LogP) is 1.79. The van der Waals surface area contributed by atoms with Gasteiger partial charge in [0.1, 0.15) is 30.9 Å². The number of halogens is 1. The van der Waals surface area contributed by atoms with Crippen molar-refractivity contribution in [3.63, 3.8) is 0 Å². The molecule has 8 nitrogen and oxygen atoms in total. The molecule has 1 unspecified atom stereocenters. The molecular formula is C20H25FN4O4. The van der Waals surface area contributed by atoms with Crippen molar-refractivity contribution in [1.29, 1.82) is 0 Å². The highest BCUT2D eigenvalue weighted by Gasteiger charge is 2.34. The second kappa shape index (κ2) is 8.87. The molecular weight excluding hydrogens is 379 g/mol. The Morgan fingerprint density at radius 2 is 2.00 bits per heavy atom. The molecule has 0 bridgehead atoms. The molecule has 3 heterocycles. The normalized spacial score (nSPS) is 21.5. The van der Waals surface area contributed by atoms with Crippen molar-refractivity contribution in [2.75, 3.05) is 32.8 Å². The van der Waals surface area contributed by atoms with Crippen molar-refractivity contribution in [3.05, 3.63) is 41.8 Å². The molecule has 0 spiro atoms. The quantitative estimate of drug-likeness (QED) is 0.726. The third kappa shape index (κ3) is 5.10. The zero-order chi connectivity index (χ0) is 20.2. The molecule has 0 radical (unpaired) electrons. The van der Waals surface area contributed by atoms with Crippen LogP contribution in [0.1, 0.15) is 24.6 Å². The summed E-state index contributed by atoms with van der Waals surface area (Å²) in [7, 11) is 0. The molecule has 1 atom stereocenters. The van der Waals surface area contributed by atoms with Gasteiger partial charge >= 0.3 is 0 Å². The number of rotatable bonds is 6. The number of aromatic nitrogens is 2. The Bertz CT molecular complexity index is 820. The first-order valence-electron chi connectivity index (χ1n) is 9.88. The topological polar surface area (TPSA) is 80.9 Å². The summed E-state index contributed by atoms with van der Waals surface area (Å²) in [5, 5.41) is 3.95. The Morgan fingerprint density at radius 1 is 1.24 bits per heavy atom. The predicted molar refractivity (Wildman–Crippen MR) is 101 cm³/mol.